The SMILES string of the molecule is O=C(O)c1ccccc1NC1=Nc2nc3ccccc3c(=O)n2CC1. The summed E-state index contributed by atoms with van der Waals surface area (Å²) < 4.78 is 1.54. The lowest BCUT2D eigenvalue weighted by Gasteiger charge is -2.19. The number of anilines is 1. The lowest BCUT2D eigenvalue weighted by Crippen LogP contribution is -2.28. The molecule has 2 N–H and O–H groups in total. The predicted octanol–water partition coefficient (Wildman–Crippen LogP) is 2.64. The zero-order valence-corrected chi connectivity index (χ0v) is 13.1. The highest BCUT2D eigenvalue weighted by molar-refractivity contribution is 6.03. The van der Waals surface area contributed by atoms with Crippen LogP contribution in [0.2, 0.25) is 0 Å². The molecule has 0 spiro atoms. The van der Waals surface area contributed by atoms with Gasteiger partial charge in [-0.3, -0.25) is 9.36 Å². The number of carboxylic acid groups (broad SMARTS) is 1. The second-order valence-electron chi connectivity index (χ2n) is 5.67. The van der Waals surface area contributed by atoms with Gasteiger partial charge in [0.1, 0.15) is 5.84 Å². The second-order valence-corrected chi connectivity index (χ2v) is 5.67. The molecule has 7 nitrogen and oxygen atoms in total. The van der Waals surface area contributed by atoms with Crippen molar-refractivity contribution in [1.29, 1.82) is 0 Å². The lowest BCUT2D eigenvalue weighted by molar-refractivity contribution is 0.0698. The molecular formula is C18H14N4O3. The molecule has 0 bridgehead atoms. The summed E-state index contributed by atoms with van der Waals surface area (Å²) in [7, 11) is 0. The van der Waals surface area contributed by atoms with Crippen LogP contribution >= 0.6 is 0 Å². The van der Waals surface area contributed by atoms with Gasteiger partial charge in [0.25, 0.3) is 5.56 Å². The normalized spacial score (nSPS) is 13.2. The molecule has 1 aliphatic heterocycles. The summed E-state index contributed by atoms with van der Waals surface area (Å²) in [5.74, 6) is -0.110. The number of nitrogens with one attached hydrogen (secondary N) is 1. The van der Waals surface area contributed by atoms with E-state index in [4.69, 9.17) is 0 Å². The van der Waals surface area contributed by atoms with Gasteiger partial charge in [-0.05, 0) is 24.3 Å². The maximum Gasteiger partial charge on any atom is 0.337 e. The van der Waals surface area contributed by atoms with Crippen molar-refractivity contribution in [2.45, 2.75) is 13.0 Å². The Morgan fingerprint density at radius 3 is 2.72 bits per heavy atom. The summed E-state index contributed by atoms with van der Waals surface area (Å²) >= 11 is 0. The monoisotopic (exact) mass is 334 g/mol. The van der Waals surface area contributed by atoms with Crippen molar-refractivity contribution in [3.05, 3.63) is 64.4 Å². The Labute approximate surface area is 142 Å². The van der Waals surface area contributed by atoms with E-state index in [1.165, 1.54) is 10.6 Å². The Morgan fingerprint density at radius 1 is 1.12 bits per heavy atom. The second kappa shape index (κ2) is 5.86. The Kier molecular flexibility index (Phi) is 3.53. The van der Waals surface area contributed by atoms with Crippen LogP contribution in [0, 0.1) is 0 Å². The minimum atomic E-state index is -1.01. The standard InChI is InChI=1S/C18H14N4O3/c23-16-11-5-1-3-7-13(11)20-18-21-15(9-10-22(16)18)19-14-8-4-2-6-12(14)17(24)25/h1-8H,9-10H2,(H,24,25)(H,19,20,21). The van der Waals surface area contributed by atoms with Gasteiger partial charge in [0.15, 0.2) is 0 Å². The minimum absolute atomic E-state index is 0.116. The lowest BCUT2D eigenvalue weighted by atomic mass is 10.1. The molecule has 1 aliphatic rings. The number of nitrogens with zero attached hydrogens (tertiary/aromatic N) is 3. The van der Waals surface area contributed by atoms with Crippen molar-refractivity contribution in [3.63, 3.8) is 0 Å². The smallest absolute Gasteiger partial charge is 0.337 e. The molecular weight excluding hydrogens is 320 g/mol. The number of hydrogen-bond donors (Lipinski definition) is 2. The number of benzene rings is 2. The average Bonchev–Trinajstić information content (AvgIpc) is 2.62. The molecule has 0 amide bonds. The van der Waals surface area contributed by atoms with E-state index in [2.05, 4.69) is 15.3 Å². The first-order chi connectivity index (χ1) is 12.1. The van der Waals surface area contributed by atoms with Gasteiger partial charge in [0, 0.05) is 13.0 Å². The van der Waals surface area contributed by atoms with Crippen molar-refractivity contribution in [3.8, 4) is 0 Å². The van der Waals surface area contributed by atoms with E-state index in [-0.39, 0.29) is 11.1 Å². The molecule has 0 radical (unpaired) electrons. The number of rotatable bonds is 2. The number of fused-ring (bicyclic) bond motifs is 2. The number of para-hydroxylation sites is 2. The average molecular weight is 334 g/mol. The molecule has 4 rings (SSSR count). The van der Waals surface area contributed by atoms with Crippen LogP contribution in [0.15, 0.2) is 58.3 Å². The molecule has 3 aromatic rings. The van der Waals surface area contributed by atoms with Crippen molar-refractivity contribution < 1.29 is 9.90 Å². The molecule has 0 unspecified atom stereocenters. The first-order valence-electron chi connectivity index (χ1n) is 7.80. The van der Waals surface area contributed by atoms with Gasteiger partial charge in [-0.25, -0.2) is 9.78 Å². The molecule has 2 heterocycles. The fourth-order valence-electron chi connectivity index (χ4n) is 2.86. The van der Waals surface area contributed by atoms with E-state index in [1.54, 1.807) is 36.4 Å². The fourth-order valence-corrected chi connectivity index (χ4v) is 2.86. The predicted molar refractivity (Wildman–Crippen MR) is 94.7 cm³/mol. The Hall–Kier alpha value is -3.48. The fraction of sp³-hybridized carbons (Fsp3) is 0.111. The van der Waals surface area contributed by atoms with Gasteiger partial charge in [-0.1, -0.05) is 24.3 Å². The maximum absolute atomic E-state index is 12.5. The van der Waals surface area contributed by atoms with Crippen molar-refractivity contribution in [1.82, 2.24) is 9.55 Å². The summed E-state index contributed by atoms with van der Waals surface area (Å²) in [6.45, 7) is 0.438. The molecule has 25 heavy (non-hydrogen) atoms. The van der Waals surface area contributed by atoms with E-state index in [9.17, 15) is 14.7 Å². The minimum Gasteiger partial charge on any atom is -0.478 e. The van der Waals surface area contributed by atoms with Crippen LogP contribution in [-0.4, -0.2) is 26.5 Å². The number of aromatic carboxylic acids is 1. The number of aromatic nitrogens is 2. The van der Waals surface area contributed by atoms with E-state index < -0.39 is 5.97 Å². The quantitative estimate of drug-likeness (QED) is 0.751. The first-order valence-corrected chi connectivity index (χ1v) is 7.80. The molecule has 0 saturated carbocycles. The van der Waals surface area contributed by atoms with E-state index in [0.717, 1.165) is 0 Å². The van der Waals surface area contributed by atoms with Gasteiger partial charge in [0.2, 0.25) is 5.95 Å². The molecule has 1 aromatic heterocycles. The van der Waals surface area contributed by atoms with Crippen LogP contribution in [0.1, 0.15) is 16.8 Å². The highest BCUT2D eigenvalue weighted by Gasteiger charge is 2.18. The molecule has 0 fully saturated rings. The molecule has 124 valence electrons. The van der Waals surface area contributed by atoms with E-state index in [1.807, 2.05) is 6.07 Å². The highest BCUT2D eigenvalue weighted by atomic mass is 16.4. The van der Waals surface area contributed by atoms with Crippen LogP contribution in [0.3, 0.4) is 0 Å². The summed E-state index contributed by atoms with van der Waals surface area (Å²) in [4.78, 5) is 32.7. The summed E-state index contributed by atoms with van der Waals surface area (Å²) in [5, 5.41) is 12.9. The summed E-state index contributed by atoms with van der Waals surface area (Å²) in [5.41, 5.74) is 1.11. The molecule has 2 aromatic carbocycles. The molecule has 0 saturated heterocycles. The third-order valence-corrected chi connectivity index (χ3v) is 4.09. The first kappa shape index (κ1) is 15.1. The van der Waals surface area contributed by atoms with Gasteiger partial charge in [-0.2, -0.15) is 4.99 Å². The van der Waals surface area contributed by atoms with Gasteiger partial charge >= 0.3 is 5.97 Å². The van der Waals surface area contributed by atoms with Gasteiger partial charge in [-0.15, -0.1) is 0 Å². The Balaban J connectivity index is 1.76. The van der Waals surface area contributed by atoms with Crippen LogP contribution in [0.25, 0.3) is 10.9 Å². The zero-order valence-electron chi connectivity index (χ0n) is 13.1. The number of amidine groups is 1. The van der Waals surface area contributed by atoms with E-state index >= 15 is 0 Å². The van der Waals surface area contributed by atoms with Gasteiger partial charge in [0.05, 0.1) is 22.2 Å². The van der Waals surface area contributed by atoms with Crippen molar-refractivity contribution in [2.75, 3.05) is 5.32 Å². The molecule has 7 heteroatoms. The summed E-state index contributed by atoms with van der Waals surface area (Å²) in [6.07, 6.45) is 0.487. The number of carboxylic acids is 1. The van der Waals surface area contributed by atoms with Crippen LogP contribution in [-0.2, 0) is 6.54 Å². The highest BCUT2D eigenvalue weighted by Crippen LogP contribution is 2.21. The Bertz CT molecular complexity index is 1090. The van der Waals surface area contributed by atoms with Gasteiger partial charge < -0.3 is 10.4 Å². The number of hydrogen-bond acceptors (Lipinski definition) is 5. The third-order valence-electron chi connectivity index (χ3n) is 4.09. The third kappa shape index (κ3) is 2.65. The number of aliphatic imine (C=N–C) groups is 1. The topological polar surface area (TPSA) is 96.6 Å². The molecule has 0 atom stereocenters. The number of carbonyl (C=O) groups is 1. The van der Waals surface area contributed by atoms with Crippen LogP contribution in [0.4, 0.5) is 11.6 Å². The van der Waals surface area contributed by atoms with Crippen molar-refractivity contribution >= 4 is 34.3 Å². The zero-order chi connectivity index (χ0) is 17.4. The summed E-state index contributed by atoms with van der Waals surface area (Å²) in [6, 6.07) is 13.8. The van der Waals surface area contributed by atoms with Crippen LogP contribution in [0.5, 0.6) is 0 Å². The molecule has 0 aliphatic carbocycles. The maximum atomic E-state index is 12.5. The largest absolute Gasteiger partial charge is 0.478 e. The Morgan fingerprint density at radius 2 is 1.88 bits per heavy atom. The van der Waals surface area contributed by atoms with Crippen molar-refractivity contribution in [2.24, 2.45) is 4.99 Å². The van der Waals surface area contributed by atoms with E-state index in [0.29, 0.717) is 41.3 Å². The van der Waals surface area contributed by atoms with Crippen LogP contribution < -0.4 is 10.9 Å².